The van der Waals surface area contributed by atoms with E-state index in [0.717, 1.165) is 7.11 Å². The molecule has 0 radical (unpaired) electrons. The van der Waals surface area contributed by atoms with E-state index in [-0.39, 0.29) is 22.6 Å². The lowest BCUT2D eigenvalue weighted by molar-refractivity contribution is -0.384. The lowest BCUT2D eigenvalue weighted by atomic mass is 9.94. The molecule has 0 N–H and O–H groups in total. The van der Waals surface area contributed by atoms with Crippen molar-refractivity contribution in [3.05, 3.63) is 57.6 Å². The first kappa shape index (κ1) is 21.4. The van der Waals surface area contributed by atoms with Gasteiger partial charge in [0.1, 0.15) is 11.3 Å². The van der Waals surface area contributed by atoms with Crippen LogP contribution in [0.3, 0.4) is 0 Å². The van der Waals surface area contributed by atoms with Crippen molar-refractivity contribution in [1.29, 1.82) is 0 Å². The van der Waals surface area contributed by atoms with Gasteiger partial charge in [0.25, 0.3) is 5.69 Å². The molecule has 2 rings (SSSR count). The third kappa shape index (κ3) is 4.52. The molecule has 29 heavy (non-hydrogen) atoms. The van der Waals surface area contributed by atoms with Gasteiger partial charge in [-0.05, 0) is 49.2 Å². The quantitative estimate of drug-likeness (QED) is 0.317. The molecule has 0 bridgehead atoms. The molecule has 0 fully saturated rings. The topological polar surface area (TPSA) is 105 Å². The molecule has 0 aromatic heterocycles. The molecule has 8 nitrogen and oxygen atoms in total. The standard InChI is InChI=1S/C21H19NO7/c1-6-21(2,3)29-16-12-11-15(13-7-9-14(10-8-13)22(25)26)17(19(23)27-4)18(16)20(24)28-5/h1,7-12H,2-5H3. The highest BCUT2D eigenvalue weighted by Crippen LogP contribution is 2.35. The smallest absolute Gasteiger partial charge is 0.342 e. The molecule has 0 amide bonds. The van der Waals surface area contributed by atoms with E-state index >= 15 is 0 Å². The molecule has 0 aliphatic rings. The molecule has 150 valence electrons. The molecule has 2 aromatic rings. The molecule has 8 heteroatoms. The monoisotopic (exact) mass is 397 g/mol. The molecule has 0 aliphatic carbocycles. The Morgan fingerprint density at radius 3 is 2.03 bits per heavy atom. The van der Waals surface area contributed by atoms with Crippen LogP contribution in [0.4, 0.5) is 5.69 Å². The second kappa shape index (κ2) is 8.44. The summed E-state index contributed by atoms with van der Waals surface area (Å²) in [6.45, 7) is 3.24. The van der Waals surface area contributed by atoms with Crippen LogP contribution in [0.2, 0.25) is 0 Å². The van der Waals surface area contributed by atoms with Crippen LogP contribution in [0.5, 0.6) is 5.75 Å². The fourth-order valence-electron chi connectivity index (χ4n) is 2.60. The van der Waals surface area contributed by atoms with Crippen molar-refractivity contribution in [2.24, 2.45) is 0 Å². The molecule has 0 unspecified atom stereocenters. The summed E-state index contributed by atoms with van der Waals surface area (Å²) >= 11 is 0. The molecular weight excluding hydrogens is 378 g/mol. The summed E-state index contributed by atoms with van der Waals surface area (Å²) in [5, 5.41) is 10.9. The molecule has 0 atom stereocenters. The van der Waals surface area contributed by atoms with Crippen LogP contribution in [-0.4, -0.2) is 36.7 Å². The minimum absolute atomic E-state index is 0.0471. The second-order valence-electron chi connectivity index (χ2n) is 6.41. The van der Waals surface area contributed by atoms with Gasteiger partial charge >= 0.3 is 11.9 Å². The van der Waals surface area contributed by atoms with Gasteiger partial charge in [-0.15, -0.1) is 6.42 Å². The number of nitro benzene ring substituents is 1. The summed E-state index contributed by atoms with van der Waals surface area (Å²) in [6.07, 6.45) is 5.46. The number of nitro groups is 1. The highest BCUT2D eigenvalue weighted by molar-refractivity contribution is 6.09. The van der Waals surface area contributed by atoms with E-state index in [1.54, 1.807) is 19.9 Å². The Morgan fingerprint density at radius 2 is 1.55 bits per heavy atom. The Balaban J connectivity index is 2.78. The number of methoxy groups -OCH3 is 2. The number of rotatable bonds is 6. The van der Waals surface area contributed by atoms with Gasteiger partial charge in [-0.3, -0.25) is 10.1 Å². The Kier molecular flexibility index (Phi) is 6.24. The first-order valence-corrected chi connectivity index (χ1v) is 8.40. The van der Waals surface area contributed by atoms with Crippen molar-refractivity contribution in [3.63, 3.8) is 0 Å². The van der Waals surface area contributed by atoms with E-state index < -0.39 is 22.5 Å². The number of ether oxygens (including phenoxy) is 3. The van der Waals surface area contributed by atoms with E-state index in [1.807, 2.05) is 0 Å². The van der Waals surface area contributed by atoms with Crippen molar-refractivity contribution in [2.45, 2.75) is 19.4 Å². The van der Waals surface area contributed by atoms with E-state index in [0.29, 0.717) is 11.1 Å². The van der Waals surface area contributed by atoms with Crippen LogP contribution in [-0.2, 0) is 9.47 Å². The Morgan fingerprint density at radius 1 is 1.00 bits per heavy atom. The SMILES string of the molecule is C#CC(C)(C)Oc1ccc(-c2ccc([N+](=O)[O-])cc2)c(C(=O)OC)c1C(=O)OC. The molecular formula is C21H19NO7. The summed E-state index contributed by atoms with van der Waals surface area (Å²) in [5.74, 6) is 0.867. The van der Waals surface area contributed by atoms with E-state index in [1.165, 1.54) is 37.4 Å². The van der Waals surface area contributed by atoms with Crippen molar-refractivity contribution < 1.29 is 28.7 Å². The van der Waals surface area contributed by atoms with Gasteiger partial charge in [0, 0.05) is 12.1 Å². The van der Waals surface area contributed by atoms with Crippen molar-refractivity contribution in [2.75, 3.05) is 14.2 Å². The highest BCUT2D eigenvalue weighted by Gasteiger charge is 2.30. The normalized spacial score (nSPS) is 10.6. The zero-order valence-electron chi connectivity index (χ0n) is 16.3. The molecule has 0 saturated heterocycles. The first-order valence-electron chi connectivity index (χ1n) is 8.40. The maximum absolute atomic E-state index is 12.6. The number of hydrogen-bond acceptors (Lipinski definition) is 7. The maximum Gasteiger partial charge on any atom is 0.342 e. The molecule has 2 aromatic carbocycles. The molecule has 0 aliphatic heterocycles. The van der Waals surface area contributed by atoms with E-state index in [9.17, 15) is 19.7 Å². The largest absolute Gasteiger partial charge is 0.474 e. The highest BCUT2D eigenvalue weighted by atomic mass is 16.6. The fraction of sp³-hybridized carbons (Fsp3) is 0.238. The van der Waals surface area contributed by atoms with E-state index in [4.69, 9.17) is 20.6 Å². The maximum atomic E-state index is 12.6. The Bertz CT molecular complexity index is 1000. The fourth-order valence-corrected chi connectivity index (χ4v) is 2.60. The predicted molar refractivity (Wildman–Crippen MR) is 105 cm³/mol. The number of hydrogen-bond donors (Lipinski definition) is 0. The number of benzene rings is 2. The summed E-state index contributed by atoms with van der Waals surface area (Å²) in [6, 6.07) is 8.54. The minimum atomic E-state index is -1.06. The van der Waals surface area contributed by atoms with E-state index in [2.05, 4.69) is 5.92 Å². The minimum Gasteiger partial charge on any atom is -0.474 e. The summed E-state index contributed by atoms with van der Waals surface area (Å²) in [7, 11) is 2.33. The zero-order valence-corrected chi connectivity index (χ0v) is 16.3. The Labute approximate surface area is 167 Å². The average Bonchev–Trinajstić information content (AvgIpc) is 2.72. The molecule has 0 heterocycles. The molecule has 0 spiro atoms. The number of non-ortho nitro benzene ring substituents is 1. The third-order valence-corrected chi connectivity index (χ3v) is 4.05. The predicted octanol–water partition coefficient (Wildman–Crippen LogP) is 3.63. The van der Waals surface area contributed by atoms with Crippen LogP contribution in [0.15, 0.2) is 36.4 Å². The first-order chi connectivity index (χ1) is 13.6. The molecule has 0 saturated carbocycles. The summed E-state index contributed by atoms with van der Waals surface area (Å²) in [4.78, 5) is 35.5. The van der Waals surface area contributed by atoms with Crippen molar-refractivity contribution in [1.82, 2.24) is 0 Å². The Hall–Kier alpha value is -3.86. The van der Waals surface area contributed by atoms with Crippen LogP contribution in [0, 0.1) is 22.5 Å². The lowest BCUT2D eigenvalue weighted by Gasteiger charge is -2.23. The van der Waals surface area contributed by atoms with Gasteiger partial charge in [-0.25, -0.2) is 9.59 Å². The number of nitrogens with zero attached hydrogens (tertiary/aromatic N) is 1. The van der Waals surface area contributed by atoms with Gasteiger partial charge in [0.15, 0.2) is 5.60 Å². The summed E-state index contributed by atoms with van der Waals surface area (Å²) in [5.41, 5.74) is -0.651. The van der Waals surface area contributed by atoms with Gasteiger partial charge in [-0.1, -0.05) is 5.92 Å². The van der Waals surface area contributed by atoms with Gasteiger partial charge in [0.2, 0.25) is 0 Å². The second-order valence-corrected chi connectivity index (χ2v) is 6.41. The van der Waals surface area contributed by atoms with Crippen LogP contribution in [0.25, 0.3) is 11.1 Å². The van der Waals surface area contributed by atoms with Gasteiger partial charge < -0.3 is 14.2 Å². The van der Waals surface area contributed by atoms with Gasteiger partial charge in [0.05, 0.1) is 24.7 Å². The average molecular weight is 397 g/mol. The number of terminal acetylenes is 1. The van der Waals surface area contributed by atoms with Crippen molar-refractivity contribution in [3.8, 4) is 29.2 Å². The number of carbonyl (C=O) groups is 2. The lowest BCUT2D eigenvalue weighted by Crippen LogP contribution is -2.27. The number of carbonyl (C=O) groups excluding carboxylic acids is 2. The number of esters is 2. The van der Waals surface area contributed by atoms with Crippen LogP contribution in [0.1, 0.15) is 34.6 Å². The van der Waals surface area contributed by atoms with Crippen LogP contribution < -0.4 is 4.74 Å². The zero-order chi connectivity index (χ0) is 21.8. The third-order valence-electron chi connectivity index (χ3n) is 4.05. The summed E-state index contributed by atoms with van der Waals surface area (Å²) < 4.78 is 15.4. The van der Waals surface area contributed by atoms with Crippen LogP contribution >= 0.6 is 0 Å². The van der Waals surface area contributed by atoms with Crippen molar-refractivity contribution >= 4 is 17.6 Å². The van der Waals surface area contributed by atoms with Gasteiger partial charge in [-0.2, -0.15) is 0 Å².